The van der Waals surface area contributed by atoms with Crippen LogP contribution in [0.1, 0.15) is 74.4 Å². The number of carbonyl (C=O) groups excluding carboxylic acids is 2. The van der Waals surface area contributed by atoms with Gasteiger partial charge in [-0.2, -0.15) is 13.0 Å². The summed E-state index contributed by atoms with van der Waals surface area (Å²) in [5.41, 5.74) is -20.4. The number of carbonyl (C=O) groups is 2. The minimum atomic E-state index is -7.83. The first-order valence-corrected chi connectivity index (χ1v) is 31.5. The van der Waals surface area contributed by atoms with E-state index in [0.717, 1.165) is 0 Å². The van der Waals surface area contributed by atoms with Crippen LogP contribution in [0.5, 0.6) is 0 Å². The number of carboxylic acid groups (broad SMARTS) is 2. The van der Waals surface area contributed by atoms with Crippen LogP contribution in [0.2, 0.25) is 2.82 Å². The summed E-state index contributed by atoms with van der Waals surface area (Å²) >= 11 is -6.26. The Morgan fingerprint density at radius 1 is 0.613 bits per heavy atom. The Balaban J connectivity index is -0.00000476. The monoisotopic (exact) mass is 1900 g/mol. The zero-order chi connectivity index (χ0) is 105. The zero-order valence-electron chi connectivity index (χ0n) is 93.1. The molecule has 0 aromatic heterocycles. The molecule has 26 atom stereocenters. The number of carboxylic acids is 2. The Labute approximate surface area is 923 Å². The first-order chi connectivity index (χ1) is 59.8. The van der Waals surface area contributed by atoms with Crippen LogP contribution >= 0.6 is 61.3 Å². The predicted octanol–water partition coefficient (Wildman–Crippen LogP) is -42.6. The maximum absolute atomic E-state index is 14.4. The minimum absolute atomic E-state index is 0. The molecule has 0 saturated carbocycles. The van der Waals surface area contributed by atoms with Crippen molar-refractivity contribution in [2.45, 2.75) is 192 Å². The third kappa shape index (κ3) is 36.5. The van der Waals surface area contributed by atoms with Gasteiger partial charge in [-0.25, -0.2) is 39.0 Å². The quantitative estimate of drug-likeness (QED) is 0.00642. The molecule has 5 rings (SSSR count). The number of hydrogen-bond acceptors (Lipinski definition) is 57. The Morgan fingerprint density at radius 3 is 1.66 bits per heavy atom. The molecule has 5 heterocycles. The molecule has 0 radical (unpaired) electrons. The van der Waals surface area contributed by atoms with E-state index in [4.69, 9.17) is 76.3 Å². The van der Waals surface area contributed by atoms with Crippen molar-refractivity contribution in [3.05, 3.63) is 0 Å². The summed E-state index contributed by atoms with van der Waals surface area (Å²) in [5, 5.41) is 110. The number of nitrogens with one attached hydrogen (secondary N) is 2. The van der Waals surface area contributed by atoms with E-state index in [9.17, 15) is 115 Å². The Hall–Kier alpha value is 8.86. The average molecular weight is 1900 g/mol. The molecular weight excluding hydrogens is 1800 g/mol. The molecule has 4 N–H and O–H groups in total. The molecule has 5 saturated heterocycles. The van der Waals surface area contributed by atoms with Crippen molar-refractivity contribution in [2.24, 2.45) is 0 Å². The van der Waals surface area contributed by atoms with E-state index in [1.54, 1.807) is 0 Å². The molecule has 594 valence electrons. The van der Waals surface area contributed by atoms with Gasteiger partial charge >= 0.3 is 296 Å². The van der Waals surface area contributed by atoms with E-state index in [0.29, 0.717) is 28.2 Å². The Bertz CT molecular complexity index is 4680. The van der Waals surface area contributed by atoms with Gasteiger partial charge < -0.3 is 136 Å². The van der Waals surface area contributed by atoms with Crippen LogP contribution in [-0.4, -0.2) is 281 Å². The second kappa shape index (κ2) is 61.5. The summed E-state index contributed by atoms with van der Waals surface area (Å²) in [6, 6.07) is -15.7. The topological polar surface area (TPSA) is 703 Å². The van der Waals surface area contributed by atoms with Crippen molar-refractivity contribution in [3.63, 3.8) is 0 Å². The standard InChI is InChI=1S/C41H73N3O49S8.10Na/c1-14(82-100(59,60)61)25-41(5,80-37-30(67-9)38(2,50)28(22(75-37)31(46)47)77-36-23(44(6)96-91-86-53)39(3,69-11)26(66-8)16(73-36)12-70-97-92-87-54)27(81-98-93-88-55)18(43-95-90-85-52)34(76-25)79-40(4)24(45)21(83-101(62,63)64)35(78-29(40)32(48)49)74-19-15(13-71-99(56,57)58)72-33(68-10)17(20(19)65-7)42-94-89-84-51;;;;;;;;;;/h14-30,33-37,42-43,45,50-55H,12-13H2,1-11H3,(H,46,47)(H,48,49)(H,56,57,58)(H,59,60,61)(H,62,63,64);;;;;;;;;;/q;10*+1/p-10/t14?,15-,16-,17?,18?,19+,20?,21?,22+,23?,24-,25?,26+,27+,28+,29?,30?,33-,34+,35+,36+,37-,38?,39?,40-,41+;;;;;;;;;;/m0........../s1/i10D3,12D2,13D2,14D,15D,16D,17D,18D,19D,20D,21D,22D,23D,24D,25D,26D,27D,28D,29D,30D,33D,34D,35D,36D,37D,45D,50D;;;;;;;;;;/hD2. The summed E-state index contributed by atoms with van der Waals surface area (Å²) in [7, 11) is -26.3. The number of ether oxygens (including phenoxy) is 14. The number of rotatable bonds is 46. The average Bonchev–Trinajstić information content (AvgIpc) is 0.659. The molecular formula is C41H63N3Na10O49S8. The van der Waals surface area contributed by atoms with E-state index in [1.807, 2.05) is 0 Å². The van der Waals surface area contributed by atoms with Crippen LogP contribution in [0.4, 0.5) is 0 Å². The van der Waals surface area contributed by atoms with Crippen LogP contribution in [0.3, 0.4) is 0 Å². The summed E-state index contributed by atoms with van der Waals surface area (Å²) in [4.78, 5) is 28.8. The summed E-state index contributed by atoms with van der Waals surface area (Å²) in [5.74, 6) is -7.85. The zero-order valence-corrected chi connectivity index (χ0v) is 86.6. The molecule has 0 aromatic rings. The fraction of sp³-hybridized carbons (Fsp3) is 0.951. The molecule has 5 aliphatic heterocycles. The van der Waals surface area contributed by atoms with Gasteiger partial charge in [0.05, 0.1) is 70.8 Å². The number of methoxy groups -OCH3 is 5. The summed E-state index contributed by atoms with van der Waals surface area (Å²) < 4.78 is 535. The van der Waals surface area contributed by atoms with Gasteiger partial charge in [0.25, 0.3) is 0 Å². The van der Waals surface area contributed by atoms with Crippen LogP contribution in [0.15, 0.2) is 0 Å². The van der Waals surface area contributed by atoms with Crippen molar-refractivity contribution < 1.29 is 567 Å². The van der Waals surface area contributed by atoms with Crippen molar-refractivity contribution in [1.29, 1.82) is 2.86 Å². The second-order valence-electron chi connectivity index (χ2n) is 17.4. The molecule has 0 aromatic carbocycles. The minimum Gasteiger partial charge on any atom is -0.726 e. The first-order valence-electron chi connectivity index (χ1n) is 40.2. The van der Waals surface area contributed by atoms with E-state index in [-0.39, 0.29) is 321 Å². The molecule has 52 nitrogen and oxygen atoms in total. The van der Waals surface area contributed by atoms with Crippen molar-refractivity contribution in [1.82, 2.24) is 13.7 Å². The van der Waals surface area contributed by atoms with Gasteiger partial charge in [-0.05, 0) is 34.6 Å². The molecule has 5 aliphatic rings. The fourth-order valence-electron chi connectivity index (χ4n) is 7.91. The Kier molecular flexibility index (Phi) is 43.5. The third-order valence-electron chi connectivity index (χ3n) is 11.6. The number of hydrogen-bond donors (Lipinski definition) is 4. The smallest absolute Gasteiger partial charge is 0.726 e. The van der Waals surface area contributed by atoms with Crippen molar-refractivity contribution in [2.75, 3.05) is 55.6 Å². The number of aliphatic hydroxyl groups is 2. The van der Waals surface area contributed by atoms with Gasteiger partial charge in [-0.15, -0.1) is 8.67 Å². The van der Waals surface area contributed by atoms with Gasteiger partial charge in [0, 0.05) is 42.5 Å². The van der Waals surface area contributed by atoms with Crippen molar-refractivity contribution >= 4 is 104 Å². The molecule has 0 spiro atoms. The molecule has 5 fully saturated rings. The van der Waals surface area contributed by atoms with E-state index in [2.05, 4.69) is 83.3 Å². The van der Waals surface area contributed by atoms with Gasteiger partial charge in [-0.1, -0.05) is 0 Å². The van der Waals surface area contributed by atoms with Crippen LogP contribution < -0.4 is 342 Å². The predicted molar refractivity (Wildman–Crippen MR) is 289 cm³/mol. The van der Waals surface area contributed by atoms with Gasteiger partial charge in [-0.3, -0.25) is 46.1 Å². The van der Waals surface area contributed by atoms with Crippen molar-refractivity contribution in [3.8, 4) is 0 Å². The van der Waals surface area contributed by atoms with Crippen LogP contribution in [-0.2, 0) is 175 Å². The van der Waals surface area contributed by atoms with Crippen LogP contribution in [0, 0.1) is 0 Å². The number of nitrogens with zero attached hydrogens (tertiary/aromatic N) is 1. The van der Waals surface area contributed by atoms with Gasteiger partial charge in [0.15, 0.2) is 62.1 Å². The molecule has 0 amide bonds. The fourth-order valence-corrected chi connectivity index (χ4v) is 10.3. The summed E-state index contributed by atoms with van der Waals surface area (Å²) in [6.45, 7) is -12.3. The first kappa shape index (κ1) is 78.5. The van der Waals surface area contributed by atoms with Gasteiger partial charge in [0.2, 0.25) is 34.1 Å². The Morgan fingerprint density at radius 2 is 1.17 bits per heavy atom. The maximum atomic E-state index is 14.4. The number of aliphatic carboxylic acids is 2. The number of likely N-dealkylation sites (N-methyl/N-ethyl adjacent to an activating group) is 1. The SMILES string of the molecule is [2H]OC1(C)C([2H])(OC)[C@]([2H])(O[C@]2(C)C([2H])(C([2H])(C)OS(=O)(=O)[O-])O[C@]([2H])(O[C@]3(C)C([2H])(C(=O)[O-])O[C@@]([2H])(O[C@@]4([2H])C([2H])(OC)C([2H])(N([2H])SOO[O-])[C@@]([2H])(OC([2H])([2H])[2H])O[C@@]4([2H])C([2H])([2H])OS(=O)(=O)[O-])C([2H])(OS(=O)(=O)[O-])[C@]3([2H])O[2H])C([2H])(N([2H])SOO[O-])[C@@]2([2H])OSOO[O-])O[C@@]([2H])(C(=O)[O-])[C@@]1([2H])O[C@@]1([2H])O[C@@]([2H])(C([2H])([2H])OSOO[O-])[C@@]([2H])(OC)C(C)(OC)C1([2H])N(C)SOO[O-].[Na+].[Na+].[Na+].[Na+].[Na+].[Na+].[Na+].[Na+].[Na+].[Na+]. The molecule has 11 unspecified atom stereocenters. The maximum Gasteiger partial charge on any atom is 1.00 e. The van der Waals surface area contributed by atoms with Crippen LogP contribution in [0.25, 0.3) is 0 Å². The largest absolute Gasteiger partial charge is 1.00 e. The molecule has 70 heteroatoms. The second-order valence-corrected chi connectivity index (χ2v) is 23.0. The molecule has 0 aliphatic carbocycles. The third-order valence-corrected chi connectivity index (χ3v) is 14.6. The van der Waals surface area contributed by atoms with Gasteiger partial charge in [0.1, 0.15) is 153 Å². The molecule has 0 bridgehead atoms. The van der Waals surface area contributed by atoms with E-state index >= 15 is 0 Å². The summed E-state index contributed by atoms with van der Waals surface area (Å²) in [6.07, 6.45) is -109. The normalized spacial score (nSPS) is 54.0. The van der Waals surface area contributed by atoms with E-state index < -0.39 is 312 Å². The van der Waals surface area contributed by atoms with E-state index in [1.165, 1.54) is 0 Å². The molecule has 111 heavy (non-hydrogen) atoms.